The van der Waals surface area contributed by atoms with Crippen molar-refractivity contribution in [3.05, 3.63) is 46.4 Å². The Morgan fingerprint density at radius 3 is 2.44 bits per heavy atom. The van der Waals surface area contributed by atoms with Crippen LogP contribution in [-0.2, 0) is 38.2 Å². The number of amides is 3. The van der Waals surface area contributed by atoms with Crippen molar-refractivity contribution in [2.24, 2.45) is 17.3 Å². The molecule has 9 nitrogen and oxygen atoms in total. The third-order valence-electron chi connectivity index (χ3n) is 8.81. The van der Waals surface area contributed by atoms with E-state index in [2.05, 4.69) is 9.97 Å². The Hall–Kier alpha value is -3.58. The number of rotatable bonds is 5. The number of nitrogens with zero attached hydrogens (tertiary/aromatic N) is 4. The highest BCUT2D eigenvalue weighted by atomic mass is 32.1. The Labute approximate surface area is 262 Å². The molecule has 3 aromatic rings. The Bertz CT molecular complexity index is 1690. The van der Waals surface area contributed by atoms with Gasteiger partial charge in [0.2, 0.25) is 11.8 Å². The number of hydrogen-bond acceptors (Lipinski definition) is 8. The summed E-state index contributed by atoms with van der Waals surface area (Å²) in [5, 5.41) is 0.691. The van der Waals surface area contributed by atoms with Gasteiger partial charge in [-0.3, -0.25) is 19.5 Å². The first-order valence-corrected chi connectivity index (χ1v) is 15.7. The summed E-state index contributed by atoms with van der Waals surface area (Å²) < 4.78 is 54.2. The zero-order chi connectivity index (χ0) is 32.6. The van der Waals surface area contributed by atoms with E-state index < -0.39 is 29.7 Å². The molecule has 3 aliphatic rings. The highest BCUT2D eigenvalue weighted by molar-refractivity contribution is 7.19. The number of ether oxygens (including phenoxy) is 2. The molecule has 0 radical (unpaired) electrons. The predicted molar refractivity (Wildman–Crippen MR) is 160 cm³/mol. The van der Waals surface area contributed by atoms with E-state index in [0.717, 1.165) is 10.9 Å². The van der Waals surface area contributed by atoms with Crippen LogP contribution in [0.2, 0.25) is 0 Å². The number of morpholine rings is 1. The molecule has 3 amide bonds. The van der Waals surface area contributed by atoms with Gasteiger partial charge in [0.1, 0.15) is 11.3 Å². The van der Waals surface area contributed by atoms with E-state index in [9.17, 15) is 27.6 Å². The molecule has 2 aliphatic heterocycles. The van der Waals surface area contributed by atoms with Gasteiger partial charge in [-0.2, -0.15) is 13.2 Å². The lowest BCUT2D eigenvalue weighted by Gasteiger charge is -2.34. The van der Waals surface area contributed by atoms with Crippen LogP contribution in [0.25, 0.3) is 21.2 Å². The van der Waals surface area contributed by atoms with Gasteiger partial charge >= 0.3 is 12.3 Å². The first-order valence-electron chi connectivity index (χ1n) is 14.8. The number of halogens is 3. The highest BCUT2D eigenvalue weighted by Crippen LogP contribution is 2.63. The molecule has 3 aromatic heterocycles. The Morgan fingerprint density at radius 2 is 1.80 bits per heavy atom. The largest absolute Gasteiger partial charge is 0.444 e. The Balaban J connectivity index is 1.34. The van der Waals surface area contributed by atoms with Gasteiger partial charge in [-0.15, -0.1) is 11.3 Å². The van der Waals surface area contributed by atoms with E-state index in [4.69, 9.17) is 9.47 Å². The fourth-order valence-electron chi connectivity index (χ4n) is 6.51. The number of imide groups is 1. The highest BCUT2D eigenvalue weighted by Gasteiger charge is 2.72. The maximum absolute atomic E-state index is 14.0. The summed E-state index contributed by atoms with van der Waals surface area (Å²) in [5.74, 6) is -0.956. The minimum absolute atomic E-state index is 0.103. The van der Waals surface area contributed by atoms with Gasteiger partial charge in [0.05, 0.1) is 37.6 Å². The number of thiophene rings is 1. The van der Waals surface area contributed by atoms with E-state index >= 15 is 0 Å². The molecule has 3 unspecified atom stereocenters. The quantitative estimate of drug-likeness (QED) is 0.314. The zero-order valence-electron chi connectivity index (χ0n) is 25.9. The van der Waals surface area contributed by atoms with Gasteiger partial charge in [0.15, 0.2) is 0 Å². The number of aromatic nitrogens is 2. The first-order chi connectivity index (χ1) is 21.0. The second kappa shape index (κ2) is 10.8. The lowest BCUT2D eigenvalue weighted by molar-refractivity contribution is -0.144. The van der Waals surface area contributed by atoms with E-state index in [-0.39, 0.29) is 60.9 Å². The fraction of sp³-hybridized carbons (Fsp3) is 0.531. The SMILES string of the molecule is Cc1nc(C(F)(F)F)cc(-c2cncc3cc(CN4C(=O)C5C(C4=O)C5(C)C)sc23)c1CC1CN(C(=O)OC(C)(C)C)CCO1. The molecule has 3 fully saturated rings. The normalized spacial score (nSPS) is 23.1. The van der Waals surface area contributed by atoms with Crippen LogP contribution >= 0.6 is 11.3 Å². The third-order valence-corrected chi connectivity index (χ3v) is 9.98. The molecule has 1 saturated carbocycles. The monoisotopic (exact) mass is 644 g/mol. The summed E-state index contributed by atoms with van der Waals surface area (Å²) in [6, 6.07) is 2.86. The van der Waals surface area contributed by atoms with E-state index in [1.807, 2.05) is 19.9 Å². The van der Waals surface area contributed by atoms with Gasteiger partial charge in [-0.05, 0) is 56.4 Å². The smallest absolute Gasteiger partial charge is 0.433 e. The van der Waals surface area contributed by atoms with E-state index in [1.54, 1.807) is 31.9 Å². The number of piperidine rings is 1. The predicted octanol–water partition coefficient (Wildman–Crippen LogP) is 6.00. The number of hydrogen-bond donors (Lipinski definition) is 0. The fourth-order valence-corrected chi connectivity index (χ4v) is 7.65. The van der Waals surface area contributed by atoms with Gasteiger partial charge in [0.25, 0.3) is 0 Å². The van der Waals surface area contributed by atoms with Crippen molar-refractivity contribution in [1.82, 2.24) is 19.8 Å². The summed E-state index contributed by atoms with van der Waals surface area (Å²) >= 11 is 1.32. The number of aryl methyl sites for hydroxylation is 1. The summed E-state index contributed by atoms with van der Waals surface area (Å²) in [7, 11) is 0. The lowest BCUT2D eigenvalue weighted by Crippen LogP contribution is -2.48. The molecule has 6 rings (SSSR count). The molecule has 0 bridgehead atoms. The summed E-state index contributed by atoms with van der Waals surface area (Å²) in [6.45, 7) is 11.6. The van der Waals surface area contributed by atoms with Crippen molar-refractivity contribution >= 4 is 39.3 Å². The molecule has 1 aliphatic carbocycles. The second-order valence-corrected chi connectivity index (χ2v) is 14.7. The number of carbonyl (C=O) groups is 3. The van der Waals surface area contributed by atoms with Crippen molar-refractivity contribution < 1.29 is 37.0 Å². The summed E-state index contributed by atoms with van der Waals surface area (Å²) in [6.07, 6.45) is -2.31. The maximum Gasteiger partial charge on any atom is 0.433 e. The lowest BCUT2D eigenvalue weighted by atomic mass is 9.94. The Morgan fingerprint density at radius 1 is 1.11 bits per heavy atom. The molecular formula is C32H35F3N4O5S. The number of alkyl halides is 3. The van der Waals surface area contributed by atoms with Gasteiger partial charge < -0.3 is 14.4 Å². The molecular weight excluding hydrogens is 609 g/mol. The molecule has 2 saturated heterocycles. The topological polar surface area (TPSA) is 102 Å². The third kappa shape index (κ3) is 5.80. The van der Waals surface area contributed by atoms with Crippen LogP contribution in [0.5, 0.6) is 0 Å². The molecule has 0 spiro atoms. The van der Waals surface area contributed by atoms with E-state index in [0.29, 0.717) is 33.3 Å². The maximum atomic E-state index is 14.0. The van der Waals surface area contributed by atoms with Crippen LogP contribution in [-0.4, -0.2) is 69.1 Å². The van der Waals surface area contributed by atoms with Crippen LogP contribution in [0, 0.1) is 24.2 Å². The van der Waals surface area contributed by atoms with Crippen LogP contribution in [0.4, 0.5) is 18.0 Å². The van der Waals surface area contributed by atoms with Crippen molar-refractivity contribution in [3.63, 3.8) is 0 Å². The van der Waals surface area contributed by atoms with Crippen LogP contribution in [0.15, 0.2) is 24.5 Å². The van der Waals surface area contributed by atoms with E-state index in [1.165, 1.54) is 29.4 Å². The minimum Gasteiger partial charge on any atom is -0.444 e. The molecule has 5 heterocycles. The van der Waals surface area contributed by atoms with Crippen molar-refractivity contribution in [3.8, 4) is 11.1 Å². The molecule has 3 atom stereocenters. The summed E-state index contributed by atoms with van der Waals surface area (Å²) in [4.78, 5) is 50.5. The second-order valence-electron chi connectivity index (χ2n) is 13.6. The average molecular weight is 645 g/mol. The number of pyridine rings is 2. The standard InChI is InChI=1S/C32H35F3N4O5S/c1-16-20(10-18-14-38(7-8-43-18)29(42)44-30(2,3)4)21(11-23(37-16)32(33,34)35)22-13-36-12-17-9-19(45-26(17)22)15-39-27(40)24-25(28(39)41)31(24,5)6/h9,11-13,18,24-25H,7-8,10,14-15H2,1-6H3. The number of fused-ring (bicyclic) bond motifs is 2. The Kier molecular flexibility index (Phi) is 7.51. The van der Waals surface area contributed by atoms with Gasteiger partial charge in [0, 0.05) is 51.6 Å². The zero-order valence-corrected chi connectivity index (χ0v) is 26.8. The van der Waals surface area contributed by atoms with Crippen LogP contribution in [0.1, 0.15) is 56.4 Å². The van der Waals surface area contributed by atoms with Gasteiger partial charge in [-0.1, -0.05) is 13.8 Å². The van der Waals surface area contributed by atoms with Crippen molar-refractivity contribution in [2.75, 3.05) is 19.7 Å². The van der Waals surface area contributed by atoms with Crippen molar-refractivity contribution in [2.45, 2.75) is 72.4 Å². The minimum atomic E-state index is -4.68. The molecule has 240 valence electrons. The van der Waals surface area contributed by atoms with Crippen LogP contribution < -0.4 is 0 Å². The molecule has 13 heteroatoms. The molecule has 0 N–H and O–H groups in total. The average Bonchev–Trinajstić information content (AvgIpc) is 3.18. The molecule has 45 heavy (non-hydrogen) atoms. The molecule has 0 aromatic carbocycles. The first kappa shape index (κ1) is 31.4. The summed E-state index contributed by atoms with van der Waals surface area (Å²) in [5.41, 5.74) is -0.475. The van der Waals surface area contributed by atoms with Crippen molar-refractivity contribution in [1.29, 1.82) is 0 Å². The van der Waals surface area contributed by atoms with Gasteiger partial charge in [-0.25, -0.2) is 9.78 Å². The number of carbonyl (C=O) groups excluding carboxylic acids is 3. The van der Waals surface area contributed by atoms with Crippen LogP contribution in [0.3, 0.4) is 0 Å². The number of likely N-dealkylation sites (tertiary alicyclic amines) is 1.